The molecule has 0 saturated heterocycles. The molecule has 0 saturated carbocycles. The van der Waals surface area contributed by atoms with E-state index in [0.717, 1.165) is 0 Å². The maximum absolute atomic E-state index is 11.5. The van der Waals surface area contributed by atoms with Crippen molar-refractivity contribution >= 4 is 5.78 Å². The summed E-state index contributed by atoms with van der Waals surface area (Å²) >= 11 is 0. The van der Waals surface area contributed by atoms with Gasteiger partial charge in [-0.1, -0.05) is 18.2 Å². The van der Waals surface area contributed by atoms with E-state index in [4.69, 9.17) is 0 Å². The second-order valence-corrected chi connectivity index (χ2v) is 3.31. The lowest BCUT2D eigenvalue weighted by Gasteiger charge is -2.27. The molecule has 72 valence electrons. The molecule has 0 heterocycles. The van der Waals surface area contributed by atoms with Gasteiger partial charge in [0.25, 0.3) is 0 Å². The smallest absolute Gasteiger partial charge is 0.136 e. The third-order valence-electron chi connectivity index (χ3n) is 2.35. The first kappa shape index (κ1) is 11.9. The van der Waals surface area contributed by atoms with Gasteiger partial charge in [-0.2, -0.15) is 0 Å². The Labute approximate surface area is 80.8 Å². The molecule has 0 unspecified atom stereocenters. The summed E-state index contributed by atoms with van der Waals surface area (Å²) in [7, 11) is 0. The average molecular weight is 178 g/mol. The summed E-state index contributed by atoms with van der Waals surface area (Å²) in [6.45, 7) is 12.6. The van der Waals surface area contributed by atoms with Crippen LogP contribution in [0.3, 0.4) is 0 Å². The average Bonchev–Trinajstić information content (AvgIpc) is 2.05. The Morgan fingerprint density at radius 3 is 1.54 bits per heavy atom. The zero-order valence-electron chi connectivity index (χ0n) is 8.38. The molecule has 1 heteroatoms. The van der Waals surface area contributed by atoms with E-state index in [1.807, 2.05) is 0 Å². The minimum absolute atomic E-state index is 0.187. The summed E-state index contributed by atoms with van der Waals surface area (Å²) in [4.78, 5) is 11.5. The molecule has 0 amide bonds. The molecule has 0 radical (unpaired) electrons. The zero-order valence-corrected chi connectivity index (χ0v) is 8.38. The summed E-state index contributed by atoms with van der Waals surface area (Å²) in [6.07, 6.45) is 7.44. The van der Waals surface area contributed by atoms with E-state index in [9.17, 15) is 4.79 Å². The number of ketones is 1. The fourth-order valence-electron chi connectivity index (χ4n) is 1.51. The van der Waals surface area contributed by atoms with Gasteiger partial charge in [-0.3, -0.25) is 4.79 Å². The van der Waals surface area contributed by atoms with Crippen molar-refractivity contribution in [3.8, 4) is 0 Å². The van der Waals surface area contributed by atoms with Crippen LogP contribution in [0.1, 0.15) is 26.2 Å². The standard InChI is InChI=1S/C12H18O/c1-5-8-12(9-6-2,10-7-3)11(4)13/h5-7H,1-3,8-10H2,4H3. The van der Waals surface area contributed by atoms with Crippen LogP contribution in [-0.2, 0) is 4.79 Å². The molecule has 0 aliphatic rings. The largest absolute Gasteiger partial charge is 0.299 e. The summed E-state index contributed by atoms with van der Waals surface area (Å²) in [6, 6.07) is 0. The highest BCUT2D eigenvalue weighted by molar-refractivity contribution is 5.82. The number of hydrogen-bond acceptors (Lipinski definition) is 1. The minimum Gasteiger partial charge on any atom is -0.299 e. The molecule has 1 nitrogen and oxygen atoms in total. The first-order valence-electron chi connectivity index (χ1n) is 4.46. The highest BCUT2D eigenvalue weighted by atomic mass is 16.1. The molecule has 0 rings (SSSR count). The predicted molar refractivity (Wildman–Crippen MR) is 57.6 cm³/mol. The third kappa shape index (κ3) is 3.02. The summed E-state index contributed by atoms with van der Waals surface area (Å²) in [5.41, 5.74) is -0.342. The van der Waals surface area contributed by atoms with Crippen molar-refractivity contribution in [3.63, 3.8) is 0 Å². The van der Waals surface area contributed by atoms with Crippen LogP contribution in [0, 0.1) is 5.41 Å². The first-order valence-corrected chi connectivity index (χ1v) is 4.46. The molecule has 0 aliphatic carbocycles. The van der Waals surface area contributed by atoms with Gasteiger partial charge in [0.1, 0.15) is 5.78 Å². The van der Waals surface area contributed by atoms with Crippen molar-refractivity contribution in [2.45, 2.75) is 26.2 Å². The molecular formula is C12H18O. The molecule has 0 spiro atoms. The van der Waals surface area contributed by atoms with E-state index in [1.165, 1.54) is 0 Å². The number of carbonyl (C=O) groups is 1. The van der Waals surface area contributed by atoms with Crippen LogP contribution in [0.15, 0.2) is 38.0 Å². The lowest BCUT2D eigenvalue weighted by atomic mass is 9.75. The fourth-order valence-corrected chi connectivity index (χ4v) is 1.51. The van der Waals surface area contributed by atoms with E-state index in [0.29, 0.717) is 19.3 Å². The topological polar surface area (TPSA) is 17.1 Å². The number of allylic oxidation sites excluding steroid dienone is 3. The Morgan fingerprint density at radius 2 is 1.38 bits per heavy atom. The number of carbonyl (C=O) groups excluding carboxylic acids is 1. The maximum atomic E-state index is 11.5. The SMILES string of the molecule is C=CCC(CC=C)(CC=C)C(C)=O. The van der Waals surface area contributed by atoms with Crippen LogP contribution >= 0.6 is 0 Å². The van der Waals surface area contributed by atoms with E-state index in [1.54, 1.807) is 25.2 Å². The van der Waals surface area contributed by atoms with Crippen LogP contribution in [-0.4, -0.2) is 5.78 Å². The molecule has 0 aliphatic heterocycles. The van der Waals surface area contributed by atoms with E-state index < -0.39 is 0 Å². The molecule has 0 fully saturated rings. The van der Waals surface area contributed by atoms with E-state index in [-0.39, 0.29) is 11.2 Å². The van der Waals surface area contributed by atoms with Gasteiger partial charge in [-0.05, 0) is 26.2 Å². The van der Waals surface area contributed by atoms with Gasteiger partial charge in [0, 0.05) is 5.41 Å². The van der Waals surface area contributed by atoms with Crippen molar-refractivity contribution in [2.75, 3.05) is 0 Å². The Balaban J connectivity index is 4.76. The molecule has 13 heavy (non-hydrogen) atoms. The highest BCUT2D eigenvalue weighted by Crippen LogP contribution is 2.33. The fraction of sp³-hybridized carbons (Fsp3) is 0.417. The summed E-state index contributed by atoms with van der Waals surface area (Å²) in [5.74, 6) is 0.187. The van der Waals surface area contributed by atoms with Gasteiger partial charge in [0.05, 0.1) is 0 Å². The molecular weight excluding hydrogens is 160 g/mol. The zero-order chi connectivity index (χ0) is 10.3. The molecule has 0 N–H and O–H groups in total. The van der Waals surface area contributed by atoms with Gasteiger partial charge >= 0.3 is 0 Å². The lowest BCUT2D eigenvalue weighted by molar-refractivity contribution is -0.126. The van der Waals surface area contributed by atoms with E-state index >= 15 is 0 Å². The van der Waals surface area contributed by atoms with Crippen molar-refractivity contribution in [1.29, 1.82) is 0 Å². The normalized spacial score (nSPS) is 10.5. The van der Waals surface area contributed by atoms with Gasteiger partial charge in [-0.15, -0.1) is 19.7 Å². The van der Waals surface area contributed by atoms with Gasteiger partial charge in [0.2, 0.25) is 0 Å². The van der Waals surface area contributed by atoms with Crippen LogP contribution in [0.25, 0.3) is 0 Å². The van der Waals surface area contributed by atoms with Crippen molar-refractivity contribution in [3.05, 3.63) is 38.0 Å². The summed E-state index contributed by atoms with van der Waals surface area (Å²) in [5, 5.41) is 0. The Hall–Kier alpha value is -1.11. The third-order valence-corrected chi connectivity index (χ3v) is 2.35. The number of rotatable bonds is 7. The predicted octanol–water partition coefficient (Wildman–Crippen LogP) is 3.29. The quantitative estimate of drug-likeness (QED) is 0.547. The van der Waals surface area contributed by atoms with Gasteiger partial charge in [0.15, 0.2) is 0 Å². The molecule has 0 aromatic rings. The van der Waals surface area contributed by atoms with Crippen LogP contribution in [0.2, 0.25) is 0 Å². The van der Waals surface area contributed by atoms with Gasteiger partial charge in [-0.25, -0.2) is 0 Å². The number of Topliss-reactive ketones (excluding diaryl/α,β-unsaturated/α-hetero) is 1. The van der Waals surface area contributed by atoms with Crippen molar-refractivity contribution in [1.82, 2.24) is 0 Å². The second-order valence-electron chi connectivity index (χ2n) is 3.31. The number of hydrogen-bond donors (Lipinski definition) is 0. The Bertz CT molecular complexity index is 187. The van der Waals surface area contributed by atoms with E-state index in [2.05, 4.69) is 19.7 Å². The maximum Gasteiger partial charge on any atom is 0.136 e. The minimum atomic E-state index is -0.342. The van der Waals surface area contributed by atoms with Gasteiger partial charge < -0.3 is 0 Å². The van der Waals surface area contributed by atoms with Crippen LogP contribution in [0.5, 0.6) is 0 Å². The van der Waals surface area contributed by atoms with Crippen molar-refractivity contribution in [2.24, 2.45) is 5.41 Å². The van der Waals surface area contributed by atoms with Crippen molar-refractivity contribution < 1.29 is 4.79 Å². The second kappa shape index (κ2) is 5.52. The molecule has 0 aromatic heterocycles. The van der Waals surface area contributed by atoms with Crippen LogP contribution in [0.4, 0.5) is 0 Å². The molecule has 0 bridgehead atoms. The Morgan fingerprint density at radius 1 is 1.08 bits per heavy atom. The van der Waals surface area contributed by atoms with Crippen LogP contribution < -0.4 is 0 Å². The highest BCUT2D eigenvalue weighted by Gasteiger charge is 2.30. The Kier molecular flexibility index (Phi) is 5.05. The lowest BCUT2D eigenvalue weighted by Crippen LogP contribution is -2.27. The molecule has 0 atom stereocenters. The molecule has 0 aromatic carbocycles. The summed E-state index contributed by atoms with van der Waals surface area (Å²) < 4.78 is 0. The monoisotopic (exact) mass is 178 g/mol. The first-order chi connectivity index (χ1) is 6.13.